The van der Waals surface area contributed by atoms with Crippen LogP contribution in [0, 0.1) is 0 Å². The zero-order valence-corrected chi connectivity index (χ0v) is 16.6. The van der Waals surface area contributed by atoms with Gasteiger partial charge in [0.1, 0.15) is 11.8 Å². The minimum atomic E-state index is -3.86. The van der Waals surface area contributed by atoms with Gasteiger partial charge in [0.05, 0.1) is 11.5 Å². The van der Waals surface area contributed by atoms with Crippen molar-refractivity contribution in [3.05, 3.63) is 60.2 Å². The minimum Gasteiger partial charge on any atom is -0.494 e. The third-order valence-electron chi connectivity index (χ3n) is 3.77. The van der Waals surface area contributed by atoms with E-state index in [1.54, 1.807) is 12.1 Å². The van der Waals surface area contributed by atoms with Crippen molar-refractivity contribution in [3.63, 3.8) is 0 Å². The Kier molecular flexibility index (Phi) is 7.38. The van der Waals surface area contributed by atoms with Crippen LogP contribution in [0.1, 0.15) is 26.3 Å². The van der Waals surface area contributed by atoms with E-state index in [4.69, 9.17) is 4.74 Å². The van der Waals surface area contributed by atoms with E-state index in [0.717, 1.165) is 5.56 Å². The molecule has 2 rings (SSSR count). The lowest BCUT2D eigenvalue weighted by Gasteiger charge is -2.20. The maximum absolute atomic E-state index is 12.8. The van der Waals surface area contributed by atoms with Gasteiger partial charge in [-0.1, -0.05) is 30.3 Å². The maximum atomic E-state index is 12.8. The molecule has 146 valence electrons. The Morgan fingerprint density at radius 3 is 2.22 bits per heavy atom. The van der Waals surface area contributed by atoms with Crippen LogP contribution in [0.3, 0.4) is 0 Å². The van der Waals surface area contributed by atoms with Gasteiger partial charge in [-0.05, 0) is 57.0 Å². The fourth-order valence-corrected chi connectivity index (χ4v) is 3.76. The van der Waals surface area contributed by atoms with Crippen LogP contribution in [0.4, 0.5) is 0 Å². The van der Waals surface area contributed by atoms with Crippen LogP contribution < -0.4 is 14.8 Å². The Morgan fingerprint density at radius 1 is 1.04 bits per heavy atom. The largest absolute Gasteiger partial charge is 0.494 e. The molecule has 0 heterocycles. The first-order chi connectivity index (χ1) is 12.8. The standard InChI is InChI=1S/C20H26N2O4S/c1-4-26-17-10-12-18(13-11-17)27(24,25)22-19(20(23)21-15(2)3)14-16-8-6-5-7-9-16/h5-13,15,19,22H,4,14H2,1-3H3,(H,21,23). The first-order valence-electron chi connectivity index (χ1n) is 8.91. The molecule has 2 aromatic carbocycles. The molecule has 6 nitrogen and oxygen atoms in total. The summed E-state index contributed by atoms with van der Waals surface area (Å²) in [7, 11) is -3.86. The van der Waals surface area contributed by atoms with Gasteiger partial charge in [-0.15, -0.1) is 0 Å². The van der Waals surface area contributed by atoms with Crippen LogP contribution in [-0.4, -0.2) is 33.0 Å². The van der Waals surface area contributed by atoms with Crippen molar-refractivity contribution < 1.29 is 17.9 Å². The van der Waals surface area contributed by atoms with E-state index in [1.807, 2.05) is 51.1 Å². The van der Waals surface area contributed by atoms with Crippen molar-refractivity contribution in [1.29, 1.82) is 0 Å². The summed E-state index contributed by atoms with van der Waals surface area (Å²) in [6.07, 6.45) is 0.260. The second-order valence-corrected chi connectivity index (χ2v) is 8.15. The Balaban J connectivity index is 2.22. The molecule has 0 aliphatic rings. The van der Waals surface area contributed by atoms with Crippen molar-refractivity contribution in [3.8, 4) is 5.75 Å². The van der Waals surface area contributed by atoms with Gasteiger partial charge in [0.2, 0.25) is 15.9 Å². The molecule has 0 fully saturated rings. The number of benzene rings is 2. The van der Waals surface area contributed by atoms with Gasteiger partial charge in [-0.2, -0.15) is 4.72 Å². The summed E-state index contributed by atoms with van der Waals surface area (Å²) in [6.45, 7) is 6.02. The second kappa shape index (κ2) is 9.53. The minimum absolute atomic E-state index is 0.0846. The fraction of sp³-hybridized carbons (Fsp3) is 0.350. The molecule has 2 aromatic rings. The predicted octanol–water partition coefficient (Wildman–Crippen LogP) is 2.50. The van der Waals surface area contributed by atoms with Gasteiger partial charge in [0, 0.05) is 6.04 Å². The quantitative estimate of drug-likeness (QED) is 0.689. The van der Waals surface area contributed by atoms with Crippen LogP contribution in [0.5, 0.6) is 5.75 Å². The predicted molar refractivity (Wildman–Crippen MR) is 105 cm³/mol. The van der Waals surface area contributed by atoms with Crippen molar-refractivity contribution in [1.82, 2.24) is 10.0 Å². The molecule has 0 aromatic heterocycles. The number of ether oxygens (including phenoxy) is 1. The Morgan fingerprint density at radius 2 is 1.67 bits per heavy atom. The summed E-state index contributed by atoms with van der Waals surface area (Å²) in [6, 6.07) is 14.4. The third-order valence-corrected chi connectivity index (χ3v) is 5.26. The van der Waals surface area contributed by atoms with Crippen LogP contribution in [-0.2, 0) is 21.2 Å². The maximum Gasteiger partial charge on any atom is 0.241 e. The molecule has 0 saturated carbocycles. The smallest absolute Gasteiger partial charge is 0.241 e. The topological polar surface area (TPSA) is 84.5 Å². The van der Waals surface area contributed by atoms with E-state index in [2.05, 4.69) is 10.0 Å². The highest BCUT2D eigenvalue weighted by Gasteiger charge is 2.26. The molecule has 0 bridgehead atoms. The Bertz CT molecular complexity index is 834. The normalized spacial score (nSPS) is 12.6. The van der Waals surface area contributed by atoms with E-state index in [9.17, 15) is 13.2 Å². The number of sulfonamides is 1. The summed E-state index contributed by atoms with van der Waals surface area (Å²) in [4.78, 5) is 12.6. The van der Waals surface area contributed by atoms with Crippen molar-refractivity contribution in [2.24, 2.45) is 0 Å². The van der Waals surface area contributed by atoms with E-state index in [1.165, 1.54) is 12.1 Å². The van der Waals surface area contributed by atoms with Gasteiger partial charge in [-0.3, -0.25) is 4.79 Å². The van der Waals surface area contributed by atoms with Gasteiger partial charge >= 0.3 is 0 Å². The first-order valence-corrected chi connectivity index (χ1v) is 10.4. The molecule has 1 unspecified atom stereocenters. The molecule has 0 spiro atoms. The SMILES string of the molecule is CCOc1ccc(S(=O)(=O)NC(Cc2ccccc2)C(=O)NC(C)C)cc1. The molecule has 2 N–H and O–H groups in total. The molecule has 0 aliphatic heterocycles. The number of hydrogen-bond acceptors (Lipinski definition) is 4. The molecule has 1 atom stereocenters. The summed E-state index contributed by atoms with van der Waals surface area (Å²) >= 11 is 0. The van der Waals surface area contributed by atoms with Crippen LogP contribution in [0.15, 0.2) is 59.5 Å². The molecular formula is C20H26N2O4S. The highest BCUT2D eigenvalue weighted by atomic mass is 32.2. The molecule has 0 aliphatic carbocycles. The molecule has 0 saturated heterocycles. The monoisotopic (exact) mass is 390 g/mol. The molecule has 27 heavy (non-hydrogen) atoms. The lowest BCUT2D eigenvalue weighted by atomic mass is 10.1. The summed E-state index contributed by atoms with van der Waals surface area (Å²) in [5, 5.41) is 2.78. The van der Waals surface area contributed by atoms with E-state index < -0.39 is 16.1 Å². The summed E-state index contributed by atoms with van der Waals surface area (Å²) < 4.78 is 33.4. The number of carbonyl (C=O) groups is 1. The van der Waals surface area contributed by atoms with Gasteiger partial charge in [-0.25, -0.2) is 8.42 Å². The number of rotatable bonds is 9. The zero-order valence-electron chi connectivity index (χ0n) is 15.8. The highest BCUT2D eigenvalue weighted by molar-refractivity contribution is 7.89. The lowest BCUT2D eigenvalue weighted by molar-refractivity contribution is -0.123. The summed E-state index contributed by atoms with van der Waals surface area (Å²) in [5.41, 5.74) is 0.871. The average Bonchev–Trinajstić information content (AvgIpc) is 2.62. The van der Waals surface area contributed by atoms with Gasteiger partial charge in [0.25, 0.3) is 0 Å². The third kappa shape index (κ3) is 6.37. The van der Waals surface area contributed by atoms with Crippen molar-refractivity contribution >= 4 is 15.9 Å². The lowest BCUT2D eigenvalue weighted by Crippen LogP contribution is -2.49. The van der Waals surface area contributed by atoms with Gasteiger partial charge in [0.15, 0.2) is 0 Å². The van der Waals surface area contributed by atoms with Crippen molar-refractivity contribution in [2.45, 2.75) is 44.2 Å². The molecule has 1 amide bonds. The zero-order chi connectivity index (χ0) is 19.9. The van der Waals surface area contributed by atoms with E-state index in [-0.39, 0.29) is 23.3 Å². The summed E-state index contributed by atoms with van der Waals surface area (Å²) in [5.74, 6) is 0.234. The van der Waals surface area contributed by atoms with Crippen LogP contribution in [0.25, 0.3) is 0 Å². The number of amides is 1. The van der Waals surface area contributed by atoms with Gasteiger partial charge < -0.3 is 10.1 Å². The number of hydrogen-bond donors (Lipinski definition) is 2. The average molecular weight is 391 g/mol. The van der Waals surface area contributed by atoms with E-state index >= 15 is 0 Å². The Labute approximate surface area is 161 Å². The fourth-order valence-electron chi connectivity index (χ4n) is 2.56. The van der Waals surface area contributed by atoms with Crippen LogP contribution >= 0.6 is 0 Å². The molecule has 7 heteroatoms. The number of carbonyl (C=O) groups excluding carboxylic acids is 1. The van der Waals surface area contributed by atoms with Crippen LogP contribution in [0.2, 0.25) is 0 Å². The number of nitrogens with one attached hydrogen (secondary N) is 2. The Hall–Kier alpha value is -2.38. The molecule has 0 radical (unpaired) electrons. The van der Waals surface area contributed by atoms with Crippen molar-refractivity contribution in [2.75, 3.05) is 6.61 Å². The first kappa shape index (κ1) is 20.9. The second-order valence-electron chi connectivity index (χ2n) is 6.43. The van der Waals surface area contributed by atoms with E-state index in [0.29, 0.717) is 12.4 Å². The highest BCUT2D eigenvalue weighted by Crippen LogP contribution is 2.17. The molecular weight excluding hydrogens is 364 g/mol.